The van der Waals surface area contributed by atoms with Crippen LogP contribution in [0.1, 0.15) is 40.5 Å². The summed E-state index contributed by atoms with van der Waals surface area (Å²) >= 11 is 0. The van der Waals surface area contributed by atoms with E-state index in [0.29, 0.717) is 6.42 Å². The first-order chi connectivity index (χ1) is 8.35. The summed E-state index contributed by atoms with van der Waals surface area (Å²) in [6, 6.07) is -0.435. The molecular formula is C12H21N3O3. The molecule has 1 aliphatic rings. The molecule has 0 bridgehead atoms. The maximum absolute atomic E-state index is 11.8. The van der Waals surface area contributed by atoms with Gasteiger partial charge in [0.05, 0.1) is 0 Å². The molecule has 6 heteroatoms. The average Bonchev–Trinajstić information content (AvgIpc) is 2.53. The molecule has 4 amide bonds. The Balaban J connectivity index is 2.73. The van der Waals surface area contributed by atoms with E-state index in [4.69, 9.17) is 0 Å². The summed E-state index contributed by atoms with van der Waals surface area (Å²) in [6.45, 7) is 7.26. The number of amides is 4. The van der Waals surface area contributed by atoms with Crippen LogP contribution in [0, 0.1) is 0 Å². The van der Waals surface area contributed by atoms with E-state index in [2.05, 4.69) is 10.6 Å². The monoisotopic (exact) mass is 255 g/mol. The van der Waals surface area contributed by atoms with Gasteiger partial charge in [0.15, 0.2) is 0 Å². The molecule has 2 N–H and O–H groups in total. The molecule has 1 rings (SSSR count). The number of nitrogens with zero attached hydrogens (tertiary/aromatic N) is 1. The second kappa shape index (κ2) is 5.37. The number of hydrogen-bond acceptors (Lipinski definition) is 3. The molecule has 2 atom stereocenters. The molecule has 102 valence electrons. The van der Waals surface area contributed by atoms with E-state index in [1.54, 1.807) is 6.92 Å². The molecule has 0 aliphatic carbocycles. The smallest absolute Gasteiger partial charge is 0.325 e. The van der Waals surface area contributed by atoms with Gasteiger partial charge in [-0.05, 0) is 26.7 Å². The number of imide groups is 1. The molecule has 2 unspecified atom stereocenters. The minimum atomic E-state index is -0.927. The van der Waals surface area contributed by atoms with E-state index in [1.807, 2.05) is 20.8 Å². The fraction of sp³-hybridized carbons (Fsp3) is 0.750. The van der Waals surface area contributed by atoms with E-state index >= 15 is 0 Å². The van der Waals surface area contributed by atoms with Crippen molar-refractivity contribution in [3.8, 4) is 0 Å². The molecule has 18 heavy (non-hydrogen) atoms. The second-order valence-corrected chi connectivity index (χ2v) is 4.85. The van der Waals surface area contributed by atoms with Gasteiger partial charge in [-0.3, -0.25) is 14.9 Å². The summed E-state index contributed by atoms with van der Waals surface area (Å²) in [7, 11) is 0. The average molecular weight is 255 g/mol. The molecular weight excluding hydrogens is 234 g/mol. The first-order valence-corrected chi connectivity index (χ1v) is 6.27. The molecule has 0 spiro atoms. The van der Waals surface area contributed by atoms with E-state index < -0.39 is 11.6 Å². The number of carbonyl (C=O) groups is 3. The third-order valence-electron chi connectivity index (χ3n) is 3.56. The van der Waals surface area contributed by atoms with Gasteiger partial charge in [0.25, 0.3) is 5.91 Å². The lowest BCUT2D eigenvalue weighted by molar-refractivity contribution is -0.128. The van der Waals surface area contributed by atoms with Crippen LogP contribution < -0.4 is 10.6 Å². The third-order valence-corrected chi connectivity index (χ3v) is 3.56. The summed E-state index contributed by atoms with van der Waals surface area (Å²) in [4.78, 5) is 36.4. The van der Waals surface area contributed by atoms with E-state index in [1.165, 1.54) is 4.90 Å². The number of urea groups is 1. The summed E-state index contributed by atoms with van der Waals surface area (Å²) < 4.78 is 0. The van der Waals surface area contributed by atoms with Gasteiger partial charge < -0.3 is 10.2 Å². The van der Waals surface area contributed by atoms with Crippen molar-refractivity contribution in [2.75, 3.05) is 6.54 Å². The highest BCUT2D eigenvalue weighted by Gasteiger charge is 2.48. The van der Waals surface area contributed by atoms with Crippen molar-refractivity contribution < 1.29 is 14.4 Å². The van der Waals surface area contributed by atoms with Crippen LogP contribution in [-0.2, 0) is 9.59 Å². The zero-order valence-electron chi connectivity index (χ0n) is 11.4. The van der Waals surface area contributed by atoms with Crippen LogP contribution >= 0.6 is 0 Å². The predicted octanol–water partition coefficient (Wildman–Crippen LogP) is 0.622. The summed E-state index contributed by atoms with van der Waals surface area (Å²) in [5.41, 5.74) is -0.927. The Morgan fingerprint density at radius 3 is 2.56 bits per heavy atom. The zero-order chi connectivity index (χ0) is 13.9. The molecule has 0 aromatic carbocycles. The lowest BCUT2D eigenvalue weighted by atomic mass is 9.97. The Hall–Kier alpha value is -1.59. The SMILES string of the molecule is CCC(C)NC(=O)CN1C(=O)NC(=O)C1(C)CC. The number of carbonyl (C=O) groups excluding carboxylic acids is 3. The Labute approximate surface area is 107 Å². The lowest BCUT2D eigenvalue weighted by Crippen LogP contribution is -2.51. The Bertz CT molecular complexity index is 370. The standard InChI is InChI=1S/C12H21N3O3/c1-5-8(3)13-9(16)7-15-11(18)14-10(17)12(15,4)6-2/h8H,5-7H2,1-4H3,(H,13,16)(H,14,17,18). The molecule has 6 nitrogen and oxygen atoms in total. The van der Waals surface area contributed by atoms with Crippen LogP contribution in [0.25, 0.3) is 0 Å². The molecule has 0 radical (unpaired) electrons. The largest absolute Gasteiger partial charge is 0.352 e. The van der Waals surface area contributed by atoms with E-state index in [9.17, 15) is 14.4 Å². The molecule has 0 aromatic rings. The van der Waals surface area contributed by atoms with Crippen molar-refractivity contribution in [1.29, 1.82) is 0 Å². The van der Waals surface area contributed by atoms with Crippen molar-refractivity contribution in [3.05, 3.63) is 0 Å². The quantitative estimate of drug-likeness (QED) is 0.707. The summed E-state index contributed by atoms with van der Waals surface area (Å²) in [5.74, 6) is -0.583. The first-order valence-electron chi connectivity index (χ1n) is 6.27. The Kier molecular flexibility index (Phi) is 4.32. The number of nitrogens with one attached hydrogen (secondary N) is 2. The number of hydrogen-bond donors (Lipinski definition) is 2. The van der Waals surface area contributed by atoms with E-state index in [-0.39, 0.29) is 24.4 Å². The van der Waals surface area contributed by atoms with Crippen molar-refractivity contribution in [1.82, 2.24) is 15.5 Å². The predicted molar refractivity (Wildman–Crippen MR) is 66.8 cm³/mol. The molecule has 1 aliphatic heterocycles. The van der Waals surface area contributed by atoms with Gasteiger partial charge in [-0.1, -0.05) is 13.8 Å². The van der Waals surface area contributed by atoms with Gasteiger partial charge in [0, 0.05) is 6.04 Å². The van der Waals surface area contributed by atoms with Crippen molar-refractivity contribution in [3.63, 3.8) is 0 Å². The van der Waals surface area contributed by atoms with Gasteiger partial charge in [0.1, 0.15) is 12.1 Å². The summed E-state index contributed by atoms with van der Waals surface area (Å²) in [5, 5.41) is 5.03. The van der Waals surface area contributed by atoms with Gasteiger partial charge in [-0.15, -0.1) is 0 Å². The highest BCUT2D eigenvalue weighted by Crippen LogP contribution is 2.24. The van der Waals surface area contributed by atoms with Crippen LogP contribution in [-0.4, -0.2) is 40.9 Å². The van der Waals surface area contributed by atoms with Crippen LogP contribution in [0.2, 0.25) is 0 Å². The van der Waals surface area contributed by atoms with Crippen LogP contribution in [0.15, 0.2) is 0 Å². The van der Waals surface area contributed by atoms with Gasteiger partial charge in [-0.2, -0.15) is 0 Å². The minimum absolute atomic E-state index is 0.0618. The zero-order valence-corrected chi connectivity index (χ0v) is 11.4. The number of rotatable bonds is 5. The fourth-order valence-corrected chi connectivity index (χ4v) is 1.81. The lowest BCUT2D eigenvalue weighted by Gasteiger charge is -2.30. The van der Waals surface area contributed by atoms with Crippen LogP contribution in [0.5, 0.6) is 0 Å². The van der Waals surface area contributed by atoms with Crippen molar-refractivity contribution in [2.24, 2.45) is 0 Å². The first kappa shape index (κ1) is 14.5. The Morgan fingerprint density at radius 2 is 2.06 bits per heavy atom. The van der Waals surface area contributed by atoms with Crippen molar-refractivity contribution in [2.45, 2.75) is 52.1 Å². The Morgan fingerprint density at radius 1 is 1.44 bits per heavy atom. The van der Waals surface area contributed by atoms with Crippen LogP contribution in [0.3, 0.4) is 0 Å². The molecule has 0 aromatic heterocycles. The van der Waals surface area contributed by atoms with Crippen molar-refractivity contribution >= 4 is 17.8 Å². The fourth-order valence-electron chi connectivity index (χ4n) is 1.81. The van der Waals surface area contributed by atoms with Gasteiger partial charge >= 0.3 is 6.03 Å². The maximum atomic E-state index is 11.8. The van der Waals surface area contributed by atoms with Gasteiger partial charge in [0.2, 0.25) is 5.91 Å². The molecule has 1 heterocycles. The van der Waals surface area contributed by atoms with Crippen LogP contribution in [0.4, 0.5) is 4.79 Å². The molecule has 1 fully saturated rings. The molecule has 0 saturated carbocycles. The molecule has 1 saturated heterocycles. The highest BCUT2D eigenvalue weighted by molar-refractivity contribution is 6.07. The topological polar surface area (TPSA) is 78.5 Å². The van der Waals surface area contributed by atoms with Gasteiger partial charge in [-0.25, -0.2) is 4.79 Å². The minimum Gasteiger partial charge on any atom is -0.352 e. The van der Waals surface area contributed by atoms with E-state index in [0.717, 1.165) is 6.42 Å². The highest BCUT2D eigenvalue weighted by atomic mass is 16.2. The third kappa shape index (κ3) is 2.63. The maximum Gasteiger partial charge on any atom is 0.325 e. The second-order valence-electron chi connectivity index (χ2n) is 4.85. The summed E-state index contributed by atoms with van der Waals surface area (Å²) in [6.07, 6.45) is 1.29. The normalized spacial score (nSPS) is 25.0.